The normalized spacial score (nSPS) is 16.4. The SMILES string of the molecule is CCC1(N)C(c2ncc(OCCOC)cc2Cc2cc(C(F)(F)F)cc(C(F)(F)F)c2)Cc2nc(OC)ccc2N1C(=O)O.O=C(O)CCCCOCCCCC(=O)O. The molecule has 4 rings (SSSR count). The number of methoxy groups -OCH3 is 2. The van der Waals surface area contributed by atoms with Crippen molar-refractivity contribution in [2.45, 2.75) is 88.6 Å². The largest absolute Gasteiger partial charge is 0.490 e. The van der Waals surface area contributed by atoms with Crippen molar-refractivity contribution in [2.24, 2.45) is 5.73 Å². The molecule has 0 bridgehead atoms. The molecule has 59 heavy (non-hydrogen) atoms. The van der Waals surface area contributed by atoms with Crippen LogP contribution in [0, 0.1) is 0 Å². The molecule has 1 amide bonds. The van der Waals surface area contributed by atoms with Gasteiger partial charge >= 0.3 is 30.4 Å². The molecule has 20 heteroatoms. The summed E-state index contributed by atoms with van der Waals surface area (Å²) < 4.78 is 103. The number of unbranched alkanes of at least 4 members (excludes halogenated alkanes) is 2. The highest BCUT2D eigenvalue weighted by molar-refractivity contribution is 5.89. The number of hydrogen-bond donors (Lipinski definition) is 4. The molecule has 3 heterocycles. The third-order valence-electron chi connectivity index (χ3n) is 9.31. The van der Waals surface area contributed by atoms with E-state index in [2.05, 4.69) is 9.97 Å². The molecule has 326 valence electrons. The van der Waals surface area contributed by atoms with Crippen LogP contribution in [0.5, 0.6) is 11.6 Å². The summed E-state index contributed by atoms with van der Waals surface area (Å²) in [6, 6.07) is 5.76. The van der Waals surface area contributed by atoms with Crippen LogP contribution in [0.1, 0.15) is 91.4 Å². The number of nitrogens with two attached hydrogens (primary N) is 1. The van der Waals surface area contributed by atoms with E-state index in [1.165, 1.54) is 38.6 Å². The summed E-state index contributed by atoms with van der Waals surface area (Å²) in [5.41, 5.74) is 2.85. The molecular formula is C39H48F6N4O10. The lowest BCUT2D eigenvalue weighted by atomic mass is 9.77. The minimum Gasteiger partial charge on any atom is -0.490 e. The van der Waals surface area contributed by atoms with Gasteiger partial charge in [-0.15, -0.1) is 0 Å². The van der Waals surface area contributed by atoms with Crippen LogP contribution in [0.3, 0.4) is 0 Å². The molecule has 5 N–H and O–H groups in total. The van der Waals surface area contributed by atoms with Crippen molar-refractivity contribution in [3.63, 3.8) is 0 Å². The zero-order valence-electron chi connectivity index (χ0n) is 32.7. The van der Waals surface area contributed by atoms with Crippen LogP contribution in [0.15, 0.2) is 42.6 Å². The van der Waals surface area contributed by atoms with Gasteiger partial charge in [-0.3, -0.25) is 19.5 Å². The number of pyridine rings is 2. The average molecular weight is 847 g/mol. The number of hydrogen-bond acceptors (Lipinski definition) is 10. The molecule has 0 aliphatic carbocycles. The Labute approximate surface area is 336 Å². The molecular weight excluding hydrogens is 798 g/mol. The van der Waals surface area contributed by atoms with Gasteiger partial charge in [0.2, 0.25) is 5.88 Å². The van der Waals surface area contributed by atoms with E-state index >= 15 is 0 Å². The highest BCUT2D eigenvalue weighted by atomic mass is 19.4. The monoisotopic (exact) mass is 846 g/mol. The fourth-order valence-electron chi connectivity index (χ4n) is 6.39. The number of ether oxygens (including phenoxy) is 4. The smallest absolute Gasteiger partial charge is 0.416 e. The maximum absolute atomic E-state index is 13.6. The number of nitrogens with zero attached hydrogens (tertiary/aromatic N) is 3. The number of benzene rings is 1. The van der Waals surface area contributed by atoms with E-state index in [0.717, 1.165) is 17.7 Å². The Kier molecular flexibility index (Phi) is 17.7. The van der Waals surface area contributed by atoms with Crippen LogP contribution in [0.4, 0.5) is 36.8 Å². The van der Waals surface area contributed by atoms with E-state index in [-0.39, 0.29) is 79.1 Å². The first-order chi connectivity index (χ1) is 27.7. The molecule has 0 radical (unpaired) electrons. The van der Waals surface area contributed by atoms with Gasteiger partial charge in [0.1, 0.15) is 18.0 Å². The molecule has 1 aromatic carbocycles. The number of amides is 1. The second-order valence-corrected chi connectivity index (χ2v) is 13.5. The third kappa shape index (κ3) is 14.0. The number of halogens is 6. The molecule has 14 nitrogen and oxygen atoms in total. The van der Waals surface area contributed by atoms with Gasteiger partial charge in [-0.25, -0.2) is 9.78 Å². The van der Waals surface area contributed by atoms with Crippen LogP contribution in [-0.2, 0) is 44.3 Å². The molecule has 1 aliphatic rings. The van der Waals surface area contributed by atoms with Crippen molar-refractivity contribution in [2.75, 3.05) is 45.5 Å². The molecule has 2 unspecified atom stereocenters. The van der Waals surface area contributed by atoms with Crippen LogP contribution < -0.4 is 20.1 Å². The van der Waals surface area contributed by atoms with Gasteiger partial charge in [0.15, 0.2) is 0 Å². The van der Waals surface area contributed by atoms with Crippen molar-refractivity contribution in [1.29, 1.82) is 0 Å². The minimum atomic E-state index is -5.05. The third-order valence-corrected chi connectivity index (χ3v) is 9.31. The number of aromatic nitrogens is 2. The predicted octanol–water partition coefficient (Wildman–Crippen LogP) is 7.54. The van der Waals surface area contributed by atoms with Crippen LogP contribution >= 0.6 is 0 Å². The molecule has 2 aromatic heterocycles. The Bertz CT molecular complexity index is 1830. The Morgan fingerprint density at radius 3 is 1.95 bits per heavy atom. The van der Waals surface area contributed by atoms with E-state index < -0.39 is 59.5 Å². The molecule has 0 saturated heterocycles. The van der Waals surface area contributed by atoms with E-state index in [1.54, 1.807) is 6.92 Å². The quantitative estimate of drug-likeness (QED) is 0.0681. The first kappa shape index (κ1) is 48.2. The lowest BCUT2D eigenvalue weighted by Crippen LogP contribution is -2.64. The van der Waals surface area contributed by atoms with Gasteiger partial charge in [-0.2, -0.15) is 26.3 Å². The highest BCUT2D eigenvalue weighted by Crippen LogP contribution is 2.46. The van der Waals surface area contributed by atoms with Gasteiger partial charge in [0, 0.05) is 51.6 Å². The lowest BCUT2D eigenvalue weighted by molar-refractivity contribution is -0.143. The second-order valence-electron chi connectivity index (χ2n) is 13.5. The predicted molar refractivity (Wildman–Crippen MR) is 200 cm³/mol. The zero-order valence-corrected chi connectivity index (χ0v) is 32.7. The summed E-state index contributed by atoms with van der Waals surface area (Å²) in [7, 11) is 2.83. The number of fused-ring (bicyclic) bond motifs is 1. The summed E-state index contributed by atoms with van der Waals surface area (Å²) in [6.07, 6.45) is -7.36. The first-order valence-electron chi connectivity index (χ1n) is 18.5. The highest BCUT2D eigenvalue weighted by Gasteiger charge is 2.50. The number of carboxylic acids is 2. The van der Waals surface area contributed by atoms with Crippen LogP contribution in [0.25, 0.3) is 0 Å². The summed E-state index contributed by atoms with van der Waals surface area (Å²) >= 11 is 0. The molecule has 3 aromatic rings. The van der Waals surface area contributed by atoms with Crippen molar-refractivity contribution in [3.05, 3.63) is 76.2 Å². The molecule has 0 fully saturated rings. The second kappa shape index (κ2) is 21.7. The topological polar surface area (TPSA) is 204 Å². The number of carboxylic acid groups (broad SMARTS) is 3. The standard InChI is InChI=1S/C29H30F6N4O5.C10H18O5/c1-4-27(36)21(14-22-23(39(27)26(40)41)5-6-24(38-22)43-3)25-17(12-20(15-37-25)44-8-7-42-2)9-16-10-18(28(30,31)32)13-19(11-16)29(33,34)35;11-9(12)5-1-3-7-15-8-4-2-6-10(13)14/h5-6,10-13,15,21H,4,7-9,14,36H2,1-3H3,(H,40,41);1-8H2,(H,11,12)(H,13,14). The maximum atomic E-state index is 13.6. The Morgan fingerprint density at radius 1 is 0.864 bits per heavy atom. The van der Waals surface area contributed by atoms with E-state index in [9.17, 15) is 45.8 Å². The van der Waals surface area contributed by atoms with E-state index in [1.807, 2.05) is 0 Å². The minimum absolute atomic E-state index is 0.0426. The summed E-state index contributed by atoms with van der Waals surface area (Å²) in [6.45, 7) is 3.06. The van der Waals surface area contributed by atoms with Crippen molar-refractivity contribution >= 4 is 23.7 Å². The van der Waals surface area contributed by atoms with Crippen molar-refractivity contribution < 1.29 is 75.0 Å². The van der Waals surface area contributed by atoms with Gasteiger partial charge in [0.05, 0.1) is 48.1 Å². The van der Waals surface area contributed by atoms with E-state index in [4.69, 9.17) is 34.9 Å². The Hall–Kier alpha value is -5.21. The van der Waals surface area contributed by atoms with Gasteiger partial charge < -0.3 is 40.0 Å². The fourth-order valence-corrected chi connectivity index (χ4v) is 6.39. The number of carbonyl (C=O) groups is 3. The average Bonchev–Trinajstić information content (AvgIpc) is 3.16. The van der Waals surface area contributed by atoms with Gasteiger partial charge in [-0.05, 0) is 80.0 Å². The van der Waals surface area contributed by atoms with Crippen LogP contribution in [-0.4, -0.2) is 89.6 Å². The van der Waals surface area contributed by atoms with Crippen molar-refractivity contribution in [3.8, 4) is 11.6 Å². The van der Waals surface area contributed by atoms with Crippen molar-refractivity contribution in [1.82, 2.24) is 9.97 Å². The molecule has 1 aliphatic heterocycles. The number of anilines is 1. The fraction of sp³-hybridized carbons (Fsp3) is 0.513. The summed E-state index contributed by atoms with van der Waals surface area (Å²) in [5, 5.41) is 26.9. The van der Waals surface area contributed by atoms with Gasteiger partial charge in [0.25, 0.3) is 0 Å². The van der Waals surface area contributed by atoms with E-state index in [0.29, 0.717) is 43.9 Å². The Balaban J connectivity index is 0.000000526. The summed E-state index contributed by atoms with van der Waals surface area (Å²) in [4.78, 5) is 42.7. The number of alkyl halides is 6. The lowest BCUT2D eigenvalue weighted by Gasteiger charge is -2.48. The number of aliphatic carboxylic acids is 2. The maximum Gasteiger partial charge on any atom is 0.416 e. The van der Waals surface area contributed by atoms with Crippen LogP contribution in [0.2, 0.25) is 0 Å². The molecule has 2 atom stereocenters. The first-order valence-corrected chi connectivity index (χ1v) is 18.5. The molecule has 0 spiro atoms. The molecule has 0 saturated carbocycles. The summed E-state index contributed by atoms with van der Waals surface area (Å²) in [5.74, 6) is -2.11. The number of rotatable bonds is 19. The Morgan fingerprint density at radius 2 is 1.46 bits per heavy atom. The van der Waals surface area contributed by atoms with Gasteiger partial charge in [-0.1, -0.05) is 6.92 Å². The zero-order chi connectivity index (χ0) is 44.0.